The Morgan fingerprint density at radius 1 is 1.32 bits per heavy atom. The third-order valence-corrected chi connectivity index (χ3v) is 5.11. The summed E-state index contributed by atoms with van der Waals surface area (Å²) in [6, 6.07) is 11.8. The molecule has 0 aliphatic carbocycles. The summed E-state index contributed by atoms with van der Waals surface area (Å²) >= 11 is 7.37. The van der Waals surface area contributed by atoms with Gasteiger partial charge in [0.05, 0.1) is 16.8 Å². The molecule has 2 aromatic carbocycles. The van der Waals surface area contributed by atoms with Gasteiger partial charge < -0.3 is 9.47 Å². The molecule has 1 aromatic heterocycles. The SMILES string of the molecule is CN(Cc1cccc(F)c1)C(=O)CSc1nc2cc(Cl)ccc2n1C. The monoisotopic (exact) mass is 377 g/mol. The molecule has 1 amide bonds. The molecule has 7 heteroatoms. The second-order valence-electron chi connectivity index (χ2n) is 5.75. The molecule has 3 rings (SSSR count). The van der Waals surface area contributed by atoms with Gasteiger partial charge >= 0.3 is 0 Å². The van der Waals surface area contributed by atoms with Crippen molar-refractivity contribution in [3.05, 3.63) is 58.9 Å². The van der Waals surface area contributed by atoms with Crippen molar-refractivity contribution in [2.45, 2.75) is 11.7 Å². The van der Waals surface area contributed by atoms with Crippen LogP contribution in [0, 0.1) is 5.82 Å². The van der Waals surface area contributed by atoms with Gasteiger partial charge in [0.1, 0.15) is 5.82 Å². The van der Waals surface area contributed by atoms with Crippen molar-refractivity contribution in [3.8, 4) is 0 Å². The second kappa shape index (κ2) is 7.45. The molecule has 0 saturated carbocycles. The summed E-state index contributed by atoms with van der Waals surface area (Å²) in [6.45, 7) is 0.370. The average molecular weight is 378 g/mol. The fourth-order valence-corrected chi connectivity index (χ4v) is 3.61. The normalized spacial score (nSPS) is 11.0. The molecule has 0 fully saturated rings. The summed E-state index contributed by atoms with van der Waals surface area (Å²) in [6.07, 6.45) is 0. The van der Waals surface area contributed by atoms with Gasteiger partial charge in [0.2, 0.25) is 5.91 Å². The highest BCUT2D eigenvalue weighted by Crippen LogP contribution is 2.25. The maximum atomic E-state index is 13.2. The van der Waals surface area contributed by atoms with E-state index in [-0.39, 0.29) is 17.5 Å². The van der Waals surface area contributed by atoms with Crippen LogP contribution in [0.1, 0.15) is 5.56 Å². The molecule has 0 spiro atoms. The van der Waals surface area contributed by atoms with E-state index in [1.807, 2.05) is 23.7 Å². The number of aromatic nitrogens is 2. The van der Waals surface area contributed by atoms with Crippen LogP contribution < -0.4 is 0 Å². The van der Waals surface area contributed by atoms with Crippen molar-refractivity contribution in [2.75, 3.05) is 12.8 Å². The molecular formula is C18H17ClFN3OS. The Morgan fingerprint density at radius 3 is 2.88 bits per heavy atom. The number of rotatable bonds is 5. The van der Waals surface area contributed by atoms with Gasteiger partial charge in [-0.1, -0.05) is 35.5 Å². The van der Waals surface area contributed by atoms with Gasteiger partial charge in [0.15, 0.2) is 5.16 Å². The quantitative estimate of drug-likeness (QED) is 0.628. The minimum Gasteiger partial charge on any atom is -0.341 e. The molecule has 0 aliphatic rings. The van der Waals surface area contributed by atoms with E-state index in [0.29, 0.717) is 11.6 Å². The number of aryl methyl sites for hydroxylation is 1. The van der Waals surface area contributed by atoms with Gasteiger partial charge in [-0.3, -0.25) is 4.79 Å². The van der Waals surface area contributed by atoms with Crippen LogP contribution >= 0.6 is 23.4 Å². The minimum absolute atomic E-state index is 0.0423. The fraction of sp³-hybridized carbons (Fsp3) is 0.222. The zero-order valence-corrected chi connectivity index (χ0v) is 15.4. The van der Waals surface area contributed by atoms with E-state index in [4.69, 9.17) is 11.6 Å². The number of carbonyl (C=O) groups excluding carboxylic acids is 1. The maximum Gasteiger partial charge on any atom is 0.233 e. The Balaban J connectivity index is 1.64. The zero-order valence-electron chi connectivity index (χ0n) is 13.9. The molecule has 0 radical (unpaired) electrons. The van der Waals surface area contributed by atoms with Crippen LogP contribution in [0.4, 0.5) is 4.39 Å². The summed E-state index contributed by atoms with van der Waals surface area (Å²) in [5.41, 5.74) is 2.53. The molecule has 0 saturated heterocycles. The Bertz CT molecular complexity index is 928. The van der Waals surface area contributed by atoms with Gasteiger partial charge in [0.25, 0.3) is 0 Å². The molecule has 3 aromatic rings. The molecular weight excluding hydrogens is 361 g/mol. The number of nitrogens with zero attached hydrogens (tertiary/aromatic N) is 3. The van der Waals surface area contributed by atoms with Crippen LogP contribution in [-0.2, 0) is 18.4 Å². The third kappa shape index (κ3) is 4.14. The largest absolute Gasteiger partial charge is 0.341 e. The smallest absolute Gasteiger partial charge is 0.233 e. The average Bonchev–Trinajstić information content (AvgIpc) is 2.88. The molecule has 0 atom stereocenters. The highest BCUT2D eigenvalue weighted by Gasteiger charge is 2.14. The van der Waals surface area contributed by atoms with Crippen LogP contribution in [-0.4, -0.2) is 33.2 Å². The van der Waals surface area contributed by atoms with Crippen molar-refractivity contribution >= 4 is 40.3 Å². The number of benzene rings is 2. The Labute approximate surface area is 154 Å². The minimum atomic E-state index is -0.300. The number of carbonyl (C=O) groups is 1. The lowest BCUT2D eigenvalue weighted by Gasteiger charge is -2.17. The van der Waals surface area contributed by atoms with Gasteiger partial charge in [0, 0.05) is 25.7 Å². The van der Waals surface area contributed by atoms with Crippen LogP contribution in [0.15, 0.2) is 47.6 Å². The van der Waals surface area contributed by atoms with Gasteiger partial charge in [-0.15, -0.1) is 0 Å². The van der Waals surface area contributed by atoms with E-state index in [1.54, 1.807) is 30.1 Å². The van der Waals surface area contributed by atoms with Crippen molar-refractivity contribution < 1.29 is 9.18 Å². The topological polar surface area (TPSA) is 38.1 Å². The van der Waals surface area contributed by atoms with E-state index in [9.17, 15) is 9.18 Å². The molecule has 4 nitrogen and oxygen atoms in total. The first kappa shape index (κ1) is 17.8. The van der Waals surface area contributed by atoms with E-state index >= 15 is 0 Å². The first-order chi connectivity index (χ1) is 11.9. The highest BCUT2D eigenvalue weighted by molar-refractivity contribution is 7.99. The standard InChI is InChI=1S/C18H17ClFN3OS/c1-22(10-12-4-3-5-14(20)8-12)17(24)11-25-18-21-15-9-13(19)6-7-16(15)23(18)2/h3-9H,10-11H2,1-2H3. The molecule has 25 heavy (non-hydrogen) atoms. The maximum absolute atomic E-state index is 13.2. The predicted octanol–water partition coefficient (Wildman–Crippen LogP) is 4.12. The van der Waals surface area contributed by atoms with Crippen LogP contribution in [0.2, 0.25) is 5.02 Å². The molecule has 0 N–H and O–H groups in total. The summed E-state index contributed by atoms with van der Waals surface area (Å²) in [7, 11) is 3.62. The second-order valence-corrected chi connectivity index (χ2v) is 7.13. The number of imidazole rings is 1. The third-order valence-electron chi connectivity index (χ3n) is 3.86. The number of hydrogen-bond donors (Lipinski definition) is 0. The Hall–Kier alpha value is -2.05. The predicted molar refractivity (Wildman–Crippen MR) is 99.3 cm³/mol. The highest BCUT2D eigenvalue weighted by atomic mass is 35.5. The van der Waals surface area contributed by atoms with Crippen molar-refractivity contribution in [2.24, 2.45) is 7.05 Å². The summed E-state index contributed by atoms with van der Waals surface area (Å²) in [5.74, 6) is -0.0816. The first-order valence-corrected chi connectivity index (χ1v) is 9.03. The molecule has 0 bridgehead atoms. The summed E-state index contributed by atoms with van der Waals surface area (Å²) < 4.78 is 15.2. The van der Waals surface area contributed by atoms with E-state index in [2.05, 4.69) is 4.98 Å². The van der Waals surface area contributed by atoms with Crippen molar-refractivity contribution in [1.29, 1.82) is 0 Å². The number of fused-ring (bicyclic) bond motifs is 1. The number of amides is 1. The molecule has 0 unspecified atom stereocenters. The van der Waals surface area contributed by atoms with Crippen LogP contribution in [0.25, 0.3) is 11.0 Å². The number of thioether (sulfide) groups is 1. The first-order valence-electron chi connectivity index (χ1n) is 7.67. The summed E-state index contributed by atoms with van der Waals surface area (Å²) in [4.78, 5) is 18.4. The summed E-state index contributed by atoms with van der Waals surface area (Å²) in [5, 5.41) is 1.39. The van der Waals surface area contributed by atoms with Gasteiger partial charge in [-0.05, 0) is 35.9 Å². The molecule has 0 aliphatic heterocycles. The van der Waals surface area contributed by atoms with E-state index in [1.165, 1.54) is 23.9 Å². The van der Waals surface area contributed by atoms with Crippen molar-refractivity contribution in [3.63, 3.8) is 0 Å². The van der Waals surface area contributed by atoms with Gasteiger partial charge in [-0.25, -0.2) is 9.37 Å². The lowest BCUT2D eigenvalue weighted by atomic mass is 10.2. The number of halogens is 2. The Kier molecular flexibility index (Phi) is 5.30. The lowest BCUT2D eigenvalue weighted by Crippen LogP contribution is -2.27. The Morgan fingerprint density at radius 2 is 2.12 bits per heavy atom. The number of hydrogen-bond acceptors (Lipinski definition) is 3. The van der Waals surface area contributed by atoms with Crippen LogP contribution in [0.5, 0.6) is 0 Å². The van der Waals surface area contributed by atoms with Crippen LogP contribution in [0.3, 0.4) is 0 Å². The molecule has 1 heterocycles. The van der Waals surface area contributed by atoms with E-state index < -0.39 is 0 Å². The molecule has 130 valence electrons. The fourth-order valence-electron chi connectivity index (χ4n) is 2.51. The lowest BCUT2D eigenvalue weighted by molar-refractivity contribution is -0.127. The van der Waals surface area contributed by atoms with E-state index in [0.717, 1.165) is 21.8 Å². The van der Waals surface area contributed by atoms with Crippen molar-refractivity contribution in [1.82, 2.24) is 14.5 Å². The van der Waals surface area contributed by atoms with Gasteiger partial charge in [-0.2, -0.15) is 0 Å². The zero-order chi connectivity index (χ0) is 18.0.